The van der Waals surface area contributed by atoms with E-state index < -0.39 is 6.98 Å². The molecule has 6 heavy (non-hydrogen) atoms. The van der Waals surface area contributed by atoms with E-state index in [1.54, 1.807) is 0 Å². The highest BCUT2D eigenvalue weighted by molar-refractivity contribution is 6.62. The highest BCUT2D eigenvalue weighted by Gasteiger charge is 2.17. The maximum Gasteiger partial charge on any atom is 0.478 e. The lowest BCUT2D eigenvalue weighted by Gasteiger charge is -2.06. The van der Waals surface area contributed by atoms with Crippen LogP contribution >= 0.6 is 0 Å². The van der Waals surface area contributed by atoms with E-state index in [4.69, 9.17) is 0 Å². The zero-order valence-electron chi connectivity index (χ0n) is 3.29. The van der Waals surface area contributed by atoms with Gasteiger partial charge in [-0.2, -0.15) is 0 Å². The Hall–Kier alpha value is -0.145. The van der Waals surface area contributed by atoms with Gasteiger partial charge in [0, 0.05) is 0 Å². The Morgan fingerprint density at radius 3 is 1.50 bits per heavy atom. The van der Waals surface area contributed by atoms with Crippen LogP contribution in [0.15, 0.2) is 0 Å². The molecule has 4 heteroatoms. The van der Waals surface area contributed by atoms with Crippen LogP contribution in [0.2, 0.25) is 0 Å². The van der Waals surface area contributed by atoms with Crippen molar-refractivity contribution in [1.82, 2.24) is 0 Å². The summed E-state index contributed by atoms with van der Waals surface area (Å²) in [6.07, 6.45) is 0.250. The van der Waals surface area contributed by atoms with Crippen molar-refractivity contribution in [2.45, 2.75) is 6.92 Å². The van der Waals surface area contributed by atoms with Gasteiger partial charge in [0.05, 0.1) is 0 Å². The van der Waals surface area contributed by atoms with Crippen LogP contribution in [-0.4, -0.2) is 6.98 Å². The van der Waals surface area contributed by atoms with Gasteiger partial charge < -0.3 is 12.9 Å². The van der Waals surface area contributed by atoms with Crippen molar-refractivity contribution in [2.75, 3.05) is 0 Å². The first-order valence-corrected chi connectivity index (χ1v) is 1.57. The van der Waals surface area contributed by atoms with Crippen LogP contribution < -0.4 is 0 Å². The van der Waals surface area contributed by atoms with Gasteiger partial charge in [0.2, 0.25) is 0 Å². The van der Waals surface area contributed by atoms with Crippen molar-refractivity contribution in [3.05, 3.63) is 6.32 Å². The van der Waals surface area contributed by atoms with Crippen molar-refractivity contribution in [3.8, 4) is 0 Å². The van der Waals surface area contributed by atoms with Gasteiger partial charge in [-0.15, -0.1) is 0 Å². The molecule has 0 heterocycles. The monoisotopic (exact) mass is 96.0 g/mol. The lowest BCUT2D eigenvalue weighted by molar-refractivity contribution is 0.488. The summed E-state index contributed by atoms with van der Waals surface area (Å²) < 4.78 is 32.4. The molecular formula is C2H4BF3-. The van der Waals surface area contributed by atoms with Crippen molar-refractivity contribution in [2.24, 2.45) is 0 Å². The van der Waals surface area contributed by atoms with Gasteiger partial charge in [-0.25, -0.2) is 0 Å². The molecule has 1 radical (unpaired) electrons. The summed E-state index contributed by atoms with van der Waals surface area (Å²) in [5.74, 6) is 0. The molecule has 0 rings (SSSR count). The van der Waals surface area contributed by atoms with Crippen LogP contribution in [0.1, 0.15) is 6.92 Å². The molecule has 0 fully saturated rings. The second-order valence-corrected chi connectivity index (χ2v) is 0.959. The molecule has 37 valence electrons. The van der Waals surface area contributed by atoms with Crippen LogP contribution in [0.5, 0.6) is 0 Å². The molecule has 0 aromatic rings. The second kappa shape index (κ2) is 1.54. The maximum atomic E-state index is 10.8. The van der Waals surface area contributed by atoms with E-state index >= 15 is 0 Å². The fraction of sp³-hybridized carbons (Fsp3) is 0.500. The minimum atomic E-state index is -4.61. The highest BCUT2D eigenvalue weighted by atomic mass is 19.4. The Morgan fingerprint density at radius 2 is 1.50 bits per heavy atom. The average Bonchev–Trinajstić information content (AvgIpc) is 1.35. The van der Waals surface area contributed by atoms with Crippen LogP contribution in [0.4, 0.5) is 12.9 Å². The predicted octanol–water partition coefficient (Wildman–Crippen LogP) is 1.60. The van der Waals surface area contributed by atoms with Gasteiger partial charge in [0.25, 0.3) is 0 Å². The normalized spacial score (nSPS) is 12.0. The number of hydrogen-bond donors (Lipinski definition) is 0. The number of rotatable bonds is 1. The standard InChI is InChI=1S/C2H4BF3/c1-2-3(4,5)6/h2H,1H3/q-1. The van der Waals surface area contributed by atoms with Crippen molar-refractivity contribution in [3.63, 3.8) is 0 Å². The summed E-state index contributed by atoms with van der Waals surface area (Å²) in [5, 5.41) is 0. The topological polar surface area (TPSA) is 0 Å². The number of hydrogen-bond acceptors (Lipinski definition) is 0. The Kier molecular flexibility index (Phi) is 1.50. The Bertz CT molecular complexity index is 38.5. The van der Waals surface area contributed by atoms with Crippen molar-refractivity contribution >= 4 is 6.98 Å². The molecule has 0 nitrogen and oxygen atoms in total. The van der Waals surface area contributed by atoms with Crippen LogP contribution in [0, 0.1) is 6.32 Å². The van der Waals surface area contributed by atoms with Gasteiger partial charge in [-0.05, 0) is 0 Å². The van der Waals surface area contributed by atoms with E-state index in [-0.39, 0.29) is 6.32 Å². The first kappa shape index (κ1) is 5.85. The molecule has 0 aliphatic carbocycles. The fourth-order valence-electron chi connectivity index (χ4n) is 0. The first-order valence-electron chi connectivity index (χ1n) is 1.57. The predicted molar refractivity (Wildman–Crippen MR) is 19.1 cm³/mol. The van der Waals surface area contributed by atoms with Crippen LogP contribution in [0.25, 0.3) is 0 Å². The van der Waals surface area contributed by atoms with Gasteiger partial charge in [-0.3, -0.25) is 0 Å². The summed E-state index contributed by atoms with van der Waals surface area (Å²) in [6.45, 7) is -3.62. The molecule has 0 spiro atoms. The molecule has 0 saturated carbocycles. The van der Waals surface area contributed by atoms with Gasteiger partial charge >= 0.3 is 6.98 Å². The minimum Gasteiger partial charge on any atom is -0.449 e. The van der Waals surface area contributed by atoms with E-state index in [1.165, 1.54) is 0 Å². The molecular weight excluding hydrogens is 91.8 g/mol. The molecule has 0 aromatic heterocycles. The molecule has 0 aromatic carbocycles. The lowest BCUT2D eigenvalue weighted by atomic mass is 9.88. The van der Waals surface area contributed by atoms with Crippen molar-refractivity contribution in [1.29, 1.82) is 0 Å². The van der Waals surface area contributed by atoms with Crippen LogP contribution in [0.3, 0.4) is 0 Å². The smallest absolute Gasteiger partial charge is 0.449 e. The number of halogens is 3. The summed E-state index contributed by atoms with van der Waals surface area (Å²) >= 11 is 0. The largest absolute Gasteiger partial charge is 0.478 e. The average molecular weight is 95.9 g/mol. The third-order valence-electron chi connectivity index (χ3n) is 0.378. The maximum absolute atomic E-state index is 10.8. The zero-order chi connectivity index (χ0) is 5.21. The summed E-state index contributed by atoms with van der Waals surface area (Å²) in [5.41, 5.74) is 0. The molecule has 0 aliphatic rings. The fourth-order valence-corrected chi connectivity index (χ4v) is 0. The summed E-state index contributed by atoms with van der Waals surface area (Å²) in [7, 11) is 0. The van der Waals surface area contributed by atoms with E-state index in [9.17, 15) is 12.9 Å². The molecule has 0 bridgehead atoms. The highest BCUT2D eigenvalue weighted by Crippen LogP contribution is 2.09. The minimum absolute atomic E-state index is 0.250. The summed E-state index contributed by atoms with van der Waals surface area (Å²) in [4.78, 5) is 0. The summed E-state index contributed by atoms with van der Waals surface area (Å²) in [6, 6.07) is 0. The van der Waals surface area contributed by atoms with Gasteiger partial charge in [-0.1, -0.05) is 13.2 Å². The lowest BCUT2D eigenvalue weighted by Crippen LogP contribution is -2.12. The Balaban J connectivity index is 3.17. The van der Waals surface area contributed by atoms with Crippen molar-refractivity contribution < 1.29 is 12.9 Å². The van der Waals surface area contributed by atoms with E-state index in [0.29, 0.717) is 0 Å². The third-order valence-corrected chi connectivity index (χ3v) is 0.378. The van der Waals surface area contributed by atoms with Gasteiger partial charge in [0.15, 0.2) is 0 Å². The molecule has 0 N–H and O–H groups in total. The van der Waals surface area contributed by atoms with E-state index in [0.717, 1.165) is 6.92 Å². The van der Waals surface area contributed by atoms with E-state index in [2.05, 4.69) is 0 Å². The first-order chi connectivity index (χ1) is 2.56. The molecule has 0 saturated heterocycles. The third kappa shape index (κ3) is 3.85. The van der Waals surface area contributed by atoms with Gasteiger partial charge in [0.1, 0.15) is 0 Å². The molecule has 0 aliphatic heterocycles. The molecule has 0 amide bonds. The zero-order valence-corrected chi connectivity index (χ0v) is 3.29. The second-order valence-electron chi connectivity index (χ2n) is 0.959. The van der Waals surface area contributed by atoms with Crippen LogP contribution in [-0.2, 0) is 0 Å². The molecule has 0 unspecified atom stereocenters. The Morgan fingerprint density at radius 1 is 1.33 bits per heavy atom. The molecule has 0 atom stereocenters. The SMILES string of the molecule is C[CH][B-](F)(F)F. The van der Waals surface area contributed by atoms with E-state index in [1.807, 2.05) is 0 Å². The Labute approximate surface area is 34.4 Å². The quantitative estimate of drug-likeness (QED) is 0.435.